The van der Waals surface area contributed by atoms with Gasteiger partial charge in [-0.05, 0) is 42.5 Å². The van der Waals surface area contributed by atoms with E-state index in [4.69, 9.17) is 14.2 Å². The van der Waals surface area contributed by atoms with E-state index in [-0.39, 0.29) is 6.61 Å². The predicted octanol–water partition coefficient (Wildman–Crippen LogP) is 1.92. The molecule has 0 aliphatic carbocycles. The minimum absolute atomic E-state index is 0.266. The fourth-order valence-corrected chi connectivity index (χ4v) is 3.35. The van der Waals surface area contributed by atoms with Gasteiger partial charge in [-0.25, -0.2) is 0 Å². The zero-order chi connectivity index (χ0) is 19.0. The lowest BCUT2D eigenvalue weighted by Gasteiger charge is -2.40. The molecule has 1 fully saturated rings. The maximum atomic E-state index is 10.3. The summed E-state index contributed by atoms with van der Waals surface area (Å²) in [5.41, 5.74) is 2.31. The van der Waals surface area contributed by atoms with Crippen LogP contribution in [0.5, 0.6) is 11.5 Å². The quantitative estimate of drug-likeness (QED) is 0.770. The first-order chi connectivity index (χ1) is 12.4. The third kappa shape index (κ3) is 3.25. The standard InChI is InChI=1S/C20H26O6/c1-10-7-13-5-6-15(19(24-4)14(13)8-11(10)2)25-20-18(23)17(22)12(3)16(9-21)26-20/h5-8,12,16-18,20-23H,9H2,1-4H3. The fourth-order valence-electron chi connectivity index (χ4n) is 3.35. The third-order valence-electron chi connectivity index (χ3n) is 5.24. The van der Waals surface area contributed by atoms with E-state index in [0.29, 0.717) is 11.5 Å². The molecule has 0 bridgehead atoms. The molecule has 1 saturated heterocycles. The van der Waals surface area contributed by atoms with E-state index >= 15 is 0 Å². The summed E-state index contributed by atoms with van der Waals surface area (Å²) in [5, 5.41) is 31.9. The van der Waals surface area contributed by atoms with Gasteiger partial charge in [0.1, 0.15) is 6.10 Å². The molecule has 0 spiro atoms. The number of aliphatic hydroxyl groups is 3. The van der Waals surface area contributed by atoms with Gasteiger partial charge in [0, 0.05) is 11.3 Å². The Kier molecular flexibility index (Phi) is 5.39. The number of aliphatic hydroxyl groups excluding tert-OH is 3. The maximum Gasteiger partial charge on any atom is 0.229 e. The lowest BCUT2D eigenvalue weighted by atomic mass is 9.91. The van der Waals surface area contributed by atoms with Gasteiger partial charge in [0.15, 0.2) is 11.5 Å². The first kappa shape index (κ1) is 18.9. The highest BCUT2D eigenvalue weighted by molar-refractivity contribution is 5.92. The summed E-state index contributed by atoms with van der Waals surface area (Å²) in [6, 6.07) is 7.78. The molecule has 3 N–H and O–H groups in total. The molecule has 2 aromatic carbocycles. The Bertz CT molecular complexity index is 787. The smallest absolute Gasteiger partial charge is 0.229 e. The van der Waals surface area contributed by atoms with Gasteiger partial charge in [0.25, 0.3) is 0 Å². The van der Waals surface area contributed by atoms with Crippen molar-refractivity contribution in [3.05, 3.63) is 35.4 Å². The van der Waals surface area contributed by atoms with Crippen LogP contribution in [0.3, 0.4) is 0 Å². The molecule has 2 aromatic rings. The molecular weight excluding hydrogens is 336 g/mol. The number of aryl methyl sites for hydroxylation is 2. The lowest BCUT2D eigenvalue weighted by molar-refractivity contribution is -0.261. The van der Waals surface area contributed by atoms with Crippen LogP contribution >= 0.6 is 0 Å². The van der Waals surface area contributed by atoms with Gasteiger partial charge >= 0.3 is 0 Å². The minimum atomic E-state index is -1.23. The molecule has 0 radical (unpaired) electrons. The second kappa shape index (κ2) is 7.40. The van der Waals surface area contributed by atoms with E-state index in [1.54, 1.807) is 20.1 Å². The first-order valence-corrected chi connectivity index (χ1v) is 8.74. The Labute approximate surface area is 152 Å². The van der Waals surface area contributed by atoms with Crippen molar-refractivity contribution in [2.45, 2.75) is 45.4 Å². The van der Waals surface area contributed by atoms with Crippen molar-refractivity contribution < 1.29 is 29.5 Å². The van der Waals surface area contributed by atoms with Gasteiger partial charge in [-0.1, -0.05) is 19.1 Å². The van der Waals surface area contributed by atoms with E-state index in [1.165, 1.54) is 5.56 Å². The Morgan fingerprint density at radius 2 is 1.77 bits per heavy atom. The normalized spacial score (nSPS) is 29.0. The zero-order valence-electron chi connectivity index (χ0n) is 15.5. The van der Waals surface area contributed by atoms with E-state index in [2.05, 4.69) is 13.0 Å². The Morgan fingerprint density at radius 3 is 2.42 bits per heavy atom. The number of hydrogen-bond acceptors (Lipinski definition) is 6. The molecule has 5 unspecified atom stereocenters. The van der Waals surface area contributed by atoms with Crippen LogP contribution in [0.4, 0.5) is 0 Å². The Balaban J connectivity index is 1.96. The molecule has 0 aromatic heterocycles. The van der Waals surface area contributed by atoms with Crippen LogP contribution in [0.2, 0.25) is 0 Å². The number of fused-ring (bicyclic) bond motifs is 1. The SMILES string of the molecule is COc1c(OC2OC(CO)C(C)C(O)C2O)ccc2cc(C)c(C)cc12. The summed E-state index contributed by atoms with van der Waals surface area (Å²) < 4.78 is 17.1. The summed E-state index contributed by atoms with van der Waals surface area (Å²) in [6.45, 7) is 5.53. The molecule has 1 heterocycles. The molecule has 26 heavy (non-hydrogen) atoms. The van der Waals surface area contributed by atoms with Crippen molar-refractivity contribution in [3.63, 3.8) is 0 Å². The van der Waals surface area contributed by atoms with Crippen molar-refractivity contribution in [1.29, 1.82) is 0 Å². The topological polar surface area (TPSA) is 88.4 Å². The summed E-state index contributed by atoms with van der Waals surface area (Å²) >= 11 is 0. The van der Waals surface area contributed by atoms with Crippen LogP contribution in [-0.2, 0) is 4.74 Å². The van der Waals surface area contributed by atoms with E-state index in [1.807, 2.05) is 19.1 Å². The molecule has 0 saturated carbocycles. The summed E-state index contributed by atoms with van der Waals surface area (Å²) in [6.07, 6.45) is -4.00. The predicted molar refractivity (Wildman–Crippen MR) is 97.5 cm³/mol. The van der Waals surface area contributed by atoms with Crippen LogP contribution in [0.25, 0.3) is 10.8 Å². The van der Waals surface area contributed by atoms with E-state index in [9.17, 15) is 15.3 Å². The van der Waals surface area contributed by atoms with Crippen molar-refractivity contribution in [2.75, 3.05) is 13.7 Å². The number of hydrogen-bond donors (Lipinski definition) is 3. The van der Waals surface area contributed by atoms with Crippen molar-refractivity contribution in [3.8, 4) is 11.5 Å². The van der Waals surface area contributed by atoms with E-state index in [0.717, 1.165) is 16.3 Å². The minimum Gasteiger partial charge on any atom is -0.492 e. The van der Waals surface area contributed by atoms with Crippen molar-refractivity contribution in [1.82, 2.24) is 0 Å². The van der Waals surface area contributed by atoms with Crippen molar-refractivity contribution >= 4 is 10.8 Å². The molecule has 5 atom stereocenters. The summed E-state index contributed by atoms with van der Waals surface area (Å²) in [4.78, 5) is 0. The van der Waals surface area contributed by atoms with Gasteiger partial charge in [-0.2, -0.15) is 0 Å². The second-order valence-corrected chi connectivity index (χ2v) is 6.94. The second-order valence-electron chi connectivity index (χ2n) is 6.94. The fraction of sp³-hybridized carbons (Fsp3) is 0.500. The van der Waals surface area contributed by atoms with Crippen molar-refractivity contribution in [2.24, 2.45) is 5.92 Å². The van der Waals surface area contributed by atoms with Crippen LogP contribution in [-0.4, -0.2) is 53.6 Å². The van der Waals surface area contributed by atoms with Crippen LogP contribution in [0.15, 0.2) is 24.3 Å². The average molecular weight is 362 g/mol. The monoisotopic (exact) mass is 362 g/mol. The highest BCUT2D eigenvalue weighted by atomic mass is 16.7. The van der Waals surface area contributed by atoms with Crippen LogP contribution in [0.1, 0.15) is 18.1 Å². The molecule has 3 rings (SSSR count). The largest absolute Gasteiger partial charge is 0.492 e. The zero-order valence-corrected chi connectivity index (χ0v) is 15.5. The first-order valence-electron chi connectivity index (χ1n) is 8.74. The molecule has 0 amide bonds. The summed E-state index contributed by atoms with van der Waals surface area (Å²) in [5.74, 6) is 0.541. The Morgan fingerprint density at radius 1 is 1.08 bits per heavy atom. The van der Waals surface area contributed by atoms with Gasteiger partial charge in [0.05, 0.1) is 25.9 Å². The van der Waals surface area contributed by atoms with Gasteiger partial charge in [-0.15, -0.1) is 0 Å². The van der Waals surface area contributed by atoms with Crippen LogP contribution < -0.4 is 9.47 Å². The van der Waals surface area contributed by atoms with E-state index < -0.39 is 30.5 Å². The number of benzene rings is 2. The average Bonchev–Trinajstić information content (AvgIpc) is 2.63. The third-order valence-corrected chi connectivity index (χ3v) is 5.24. The highest BCUT2D eigenvalue weighted by Gasteiger charge is 2.43. The van der Waals surface area contributed by atoms with Gasteiger partial charge in [-0.3, -0.25) is 0 Å². The van der Waals surface area contributed by atoms with Gasteiger partial charge in [0.2, 0.25) is 6.29 Å². The molecule has 6 heteroatoms. The molecule has 6 nitrogen and oxygen atoms in total. The number of rotatable bonds is 4. The molecule has 1 aliphatic rings. The number of methoxy groups -OCH3 is 1. The molecule has 1 aliphatic heterocycles. The molecular formula is C20H26O6. The highest BCUT2D eigenvalue weighted by Crippen LogP contribution is 2.38. The summed E-state index contributed by atoms with van der Waals surface area (Å²) in [7, 11) is 1.56. The Hall–Kier alpha value is -1.86. The van der Waals surface area contributed by atoms with Gasteiger partial charge < -0.3 is 29.5 Å². The van der Waals surface area contributed by atoms with Crippen LogP contribution in [0, 0.1) is 19.8 Å². The maximum absolute atomic E-state index is 10.3. The lowest BCUT2D eigenvalue weighted by Crippen LogP contribution is -2.56. The molecule has 142 valence electrons. The number of ether oxygens (including phenoxy) is 3.